The normalized spacial score (nSPS) is 26.9. The molecule has 4 heteroatoms. The number of hydrogen-bond acceptors (Lipinski definition) is 4. The van der Waals surface area contributed by atoms with Crippen molar-refractivity contribution in [3.8, 4) is 11.5 Å². The van der Waals surface area contributed by atoms with Crippen LogP contribution in [0, 0.1) is 31.1 Å². The van der Waals surface area contributed by atoms with Crippen molar-refractivity contribution in [1.82, 2.24) is 0 Å². The van der Waals surface area contributed by atoms with Gasteiger partial charge in [0.15, 0.2) is 0 Å². The van der Waals surface area contributed by atoms with Gasteiger partial charge >= 0.3 is 0 Å². The summed E-state index contributed by atoms with van der Waals surface area (Å²) < 4.78 is 0. The van der Waals surface area contributed by atoms with Crippen LogP contribution in [0.1, 0.15) is 100 Å². The zero-order valence-electron chi connectivity index (χ0n) is 22.6. The summed E-state index contributed by atoms with van der Waals surface area (Å²) in [6.07, 6.45) is 9.54. The van der Waals surface area contributed by atoms with Gasteiger partial charge in [0, 0.05) is 5.41 Å². The molecule has 0 saturated heterocycles. The van der Waals surface area contributed by atoms with E-state index in [1.807, 2.05) is 13.8 Å². The molecule has 2 aromatic carbocycles. The lowest BCUT2D eigenvalue weighted by atomic mass is 9.56. The largest absolute Gasteiger partial charge is 0.508 e. The van der Waals surface area contributed by atoms with Crippen molar-refractivity contribution in [3.05, 3.63) is 58.7 Å². The first kappa shape index (κ1) is 27.0. The number of phenols is 2. The summed E-state index contributed by atoms with van der Waals surface area (Å²) in [6, 6.07) is 11.9. The van der Waals surface area contributed by atoms with Crippen LogP contribution in [0.15, 0.2) is 36.4 Å². The Morgan fingerprint density at radius 1 is 0.639 bits per heavy atom. The van der Waals surface area contributed by atoms with E-state index >= 15 is 0 Å². The van der Waals surface area contributed by atoms with Crippen molar-refractivity contribution in [1.29, 1.82) is 0 Å². The van der Waals surface area contributed by atoms with Crippen LogP contribution in [-0.4, -0.2) is 32.6 Å². The Balaban J connectivity index is 1.70. The van der Waals surface area contributed by atoms with Gasteiger partial charge in [-0.1, -0.05) is 38.1 Å². The first-order valence-corrected chi connectivity index (χ1v) is 14.0. The number of aliphatic hydroxyl groups excluding tert-OH is 2. The molecule has 4 nitrogen and oxygen atoms in total. The third-order valence-electron chi connectivity index (χ3n) is 10.1. The summed E-state index contributed by atoms with van der Waals surface area (Å²) in [6.45, 7) is 8.70. The Labute approximate surface area is 217 Å². The van der Waals surface area contributed by atoms with Gasteiger partial charge in [-0.05, 0) is 130 Å². The van der Waals surface area contributed by atoms with E-state index < -0.39 is 0 Å². The van der Waals surface area contributed by atoms with Gasteiger partial charge < -0.3 is 20.4 Å². The van der Waals surface area contributed by atoms with Crippen LogP contribution in [0.3, 0.4) is 0 Å². The van der Waals surface area contributed by atoms with Gasteiger partial charge in [-0.15, -0.1) is 0 Å². The fourth-order valence-corrected chi connectivity index (χ4v) is 7.18. The molecule has 0 atom stereocenters. The topological polar surface area (TPSA) is 80.9 Å². The molecular formula is C32H46O4. The van der Waals surface area contributed by atoms with Crippen molar-refractivity contribution < 1.29 is 20.4 Å². The Bertz CT molecular complexity index is 955. The second kappa shape index (κ2) is 10.8. The molecule has 2 fully saturated rings. The van der Waals surface area contributed by atoms with Crippen molar-refractivity contribution in [2.75, 3.05) is 0 Å². The van der Waals surface area contributed by atoms with E-state index in [2.05, 4.69) is 38.1 Å². The molecule has 0 aromatic heterocycles. The highest BCUT2D eigenvalue weighted by molar-refractivity contribution is 5.47. The molecule has 0 radical (unpaired) electrons. The van der Waals surface area contributed by atoms with E-state index in [4.69, 9.17) is 0 Å². The lowest BCUT2D eigenvalue weighted by Gasteiger charge is -2.50. The second-order valence-corrected chi connectivity index (χ2v) is 12.4. The number of aliphatic hydroxyl groups is 2. The molecule has 2 aromatic rings. The third kappa shape index (κ3) is 5.45. The van der Waals surface area contributed by atoms with E-state index in [1.54, 1.807) is 12.1 Å². The SMILES string of the molecule is Cc1cc(C(C)(CCC(C)(C2CCC(O)CC2)C2CCC(O)CC2)c2ccc(O)c(C)c2)ccc1O. The highest BCUT2D eigenvalue weighted by Gasteiger charge is 2.45. The quantitative estimate of drug-likeness (QED) is 0.337. The van der Waals surface area contributed by atoms with Gasteiger partial charge in [-0.2, -0.15) is 0 Å². The molecule has 2 aliphatic carbocycles. The number of benzene rings is 2. The minimum Gasteiger partial charge on any atom is -0.508 e. The highest BCUT2D eigenvalue weighted by atomic mass is 16.3. The monoisotopic (exact) mass is 494 g/mol. The van der Waals surface area contributed by atoms with Crippen LogP contribution in [-0.2, 0) is 5.41 Å². The Morgan fingerprint density at radius 3 is 1.39 bits per heavy atom. The average molecular weight is 495 g/mol. The maximum Gasteiger partial charge on any atom is 0.118 e. The Kier molecular flexibility index (Phi) is 8.07. The lowest BCUT2D eigenvalue weighted by Crippen LogP contribution is -2.42. The predicted molar refractivity (Wildman–Crippen MR) is 145 cm³/mol. The summed E-state index contributed by atoms with van der Waals surface area (Å²) in [5, 5.41) is 40.9. The van der Waals surface area contributed by atoms with E-state index in [1.165, 1.54) is 11.1 Å². The maximum atomic E-state index is 10.2. The molecule has 0 bridgehead atoms. The maximum absolute atomic E-state index is 10.2. The molecule has 4 N–H and O–H groups in total. The van der Waals surface area contributed by atoms with E-state index in [-0.39, 0.29) is 23.0 Å². The van der Waals surface area contributed by atoms with E-state index in [9.17, 15) is 20.4 Å². The Morgan fingerprint density at radius 2 is 1.03 bits per heavy atom. The fourth-order valence-electron chi connectivity index (χ4n) is 7.18. The van der Waals surface area contributed by atoms with Gasteiger partial charge in [0.25, 0.3) is 0 Å². The minimum atomic E-state index is -0.277. The molecular weight excluding hydrogens is 448 g/mol. The minimum absolute atomic E-state index is 0.138. The summed E-state index contributed by atoms with van der Waals surface area (Å²) in [5.74, 6) is 1.78. The zero-order valence-corrected chi connectivity index (χ0v) is 22.6. The Hall–Kier alpha value is -2.04. The molecule has 0 amide bonds. The number of hydrogen-bond donors (Lipinski definition) is 4. The summed E-state index contributed by atoms with van der Waals surface area (Å²) in [4.78, 5) is 0. The van der Waals surface area contributed by atoms with Gasteiger partial charge in [-0.3, -0.25) is 0 Å². The number of rotatable bonds is 7. The standard InChI is InChI=1S/C32H46O4/c1-21-19-25(9-15-29(21)35)32(4,26-10-16-30(36)22(2)20-26)18-17-31(3,23-5-11-27(33)12-6-23)24-7-13-28(34)14-8-24/h9-10,15-16,19-20,23-24,27-28,33-36H,5-8,11-14,17-18H2,1-4H3. The molecule has 198 valence electrons. The summed E-state index contributed by atoms with van der Waals surface area (Å²) >= 11 is 0. The van der Waals surface area contributed by atoms with Gasteiger partial charge in [-0.25, -0.2) is 0 Å². The van der Waals surface area contributed by atoms with E-state index in [0.717, 1.165) is 75.3 Å². The summed E-state index contributed by atoms with van der Waals surface area (Å²) in [5.41, 5.74) is 3.98. The molecule has 0 heterocycles. The molecule has 0 unspecified atom stereocenters. The number of phenolic OH excluding ortho intramolecular Hbond substituents is 2. The molecule has 2 aliphatic rings. The first-order chi connectivity index (χ1) is 17.0. The zero-order chi connectivity index (χ0) is 26.1. The fraction of sp³-hybridized carbons (Fsp3) is 0.625. The molecule has 36 heavy (non-hydrogen) atoms. The average Bonchev–Trinajstić information content (AvgIpc) is 2.86. The molecule has 0 aliphatic heterocycles. The molecule has 4 rings (SSSR count). The van der Waals surface area contributed by atoms with Gasteiger partial charge in [0.2, 0.25) is 0 Å². The highest BCUT2D eigenvalue weighted by Crippen LogP contribution is 2.53. The van der Waals surface area contributed by atoms with Crippen LogP contribution in [0.25, 0.3) is 0 Å². The first-order valence-electron chi connectivity index (χ1n) is 14.0. The summed E-state index contributed by atoms with van der Waals surface area (Å²) in [7, 11) is 0. The van der Waals surface area contributed by atoms with Gasteiger partial charge in [0.05, 0.1) is 12.2 Å². The number of aromatic hydroxyl groups is 2. The van der Waals surface area contributed by atoms with Crippen molar-refractivity contribution in [2.24, 2.45) is 17.3 Å². The molecule has 2 saturated carbocycles. The van der Waals surface area contributed by atoms with E-state index in [0.29, 0.717) is 23.3 Å². The number of aryl methyl sites for hydroxylation is 2. The smallest absolute Gasteiger partial charge is 0.118 e. The van der Waals surface area contributed by atoms with Crippen molar-refractivity contribution >= 4 is 0 Å². The third-order valence-corrected chi connectivity index (χ3v) is 10.1. The van der Waals surface area contributed by atoms with Crippen LogP contribution in [0.5, 0.6) is 11.5 Å². The van der Waals surface area contributed by atoms with Gasteiger partial charge in [0.1, 0.15) is 11.5 Å². The van der Waals surface area contributed by atoms with Crippen LogP contribution in [0.2, 0.25) is 0 Å². The van der Waals surface area contributed by atoms with Crippen LogP contribution < -0.4 is 0 Å². The predicted octanol–water partition coefficient (Wildman–Crippen LogP) is 6.91. The van der Waals surface area contributed by atoms with Crippen molar-refractivity contribution in [2.45, 2.75) is 110 Å². The van der Waals surface area contributed by atoms with Crippen LogP contribution >= 0.6 is 0 Å². The van der Waals surface area contributed by atoms with Crippen molar-refractivity contribution in [3.63, 3.8) is 0 Å². The molecule has 0 spiro atoms. The second-order valence-electron chi connectivity index (χ2n) is 12.4. The lowest BCUT2D eigenvalue weighted by molar-refractivity contribution is -0.0176. The van der Waals surface area contributed by atoms with Crippen LogP contribution in [0.4, 0.5) is 0 Å².